The highest BCUT2D eigenvalue weighted by atomic mass is 15.2. The molecule has 1 saturated heterocycles. The minimum Gasteiger partial charge on any atom is -0.312 e. The van der Waals surface area contributed by atoms with Gasteiger partial charge in [-0.1, -0.05) is 59.8 Å². The zero-order valence-corrected chi connectivity index (χ0v) is 14.5. The van der Waals surface area contributed by atoms with Gasteiger partial charge in [0, 0.05) is 12.6 Å². The largest absolute Gasteiger partial charge is 0.312 e. The lowest BCUT2D eigenvalue weighted by Gasteiger charge is -2.28. The van der Waals surface area contributed by atoms with Crippen LogP contribution in [0.5, 0.6) is 0 Å². The molecule has 20 heavy (non-hydrogen) atoms. The van der Waals surface area contributed by atoms with Crippen LogP contribution >= 0.6 is 0 Å². The second-order valence-electron chi connectivity index (χ2n) is 7.20. The summed E-state index contributed by atoms with van der Waals surface area (Å²) in [6.45, 7) is 14.5. The van der Waals surface area contributed by atoms with Gasteiger partial charge in [0.25, 0.3) is 0 Å². The molecule has 1 heterocycles. The van der Waals surface area contributed by atoms with Crippen LogP contribution in [0, 0.1) is 11.8 Å². The molecule has 1 rings (SSSR count). The quantitative estimate of drug-likeness (QED) is 0.634. The van der Waals surface area contributed by atoms with Crippen molar-refractivity contribution in [2.45, 2.75) is 78.7 Å². The standard InChI is InChI=1S/C18H38N2/c1-5-17(4)18-15-20(14-10-12-19-18)13-9-7-6-8-11-16(2)3/h16-19H,5-15H2,1-4H3. The summed E-state index contributed by atoms with van der Waals surface area (Å²) in [5, 5.41) is 3.74. The molecule has 0 bridgehead atoms. The predicted molar refractivity (Wildman–Crippen MR) is 90.2 cm³/mol. The third-order valence-corrected chi connectivity index (χ3v) is 4.85. The molecule has 1 aliphatic heterocycles. The second-order valence-corrected chi connectivity index (χ2v) is 7.20. The summed E-state index contributed by atoms with van der Waals surface area (Å²) in [5.41, 5.74) is 0. The van der Waals surface area contributed by atoms with Gasteiger partial charge >= 0.3 is 0 Å². The van der Waals surface area contributed by atoms with Crippen LogP contribution in [-0.4, -0.2) is 37.1 Å². The summed E-state index contributed by atoms with van der Waals surface area (Å²) < 4.78 is 0. The lowest BCUT2D eigenvalue weighted by Crippen LogP contribution is -2.42. The van der Waals surface area contributed by atoms with Gasteiger partial charge in [0.05, 0.1) is 0 Å². The summed E-state index contributed by atoms with van der Waals surface area (Å²) in [6.07, 6.45) is 9.69. The number of unbranched alkanes of at least 4 members (excludes halogenated alkanes) is 3. The number of nitrogens with one attached hydrogen (secondary N) is 1. The van der Waals surface area contributed by atoms with Crippen LogP contribution in [0.4, 0.5) is 0 Å². The van der Waals surface area contributed by atoms with Crippen molar-refractivity contribution >= 4 is 0 Å². The number of hydrogen-bond donors (Lipinski definition) is 1. The second kappa shape index (κ2) is 10.6. The van der Waals surface area contributed by atoms with Gasteiger partial charge in [-0.2, -0.15) is 0 Å². The molecule has 1 N–H and O–H groups in total. The Bertz CT molecular complexity index is 227. The van der Waals surface area contributed by atoms with Crippen molar-refractivity contribution in [1.29, 1.82) is 0 Å². The van der Waals surface area contributed by atoms with Crippen LogP contribution in [0.25, 0.3) is 0 Å². The molecule has 0 spiro atoms. The maximum absolute atomic E-state index is 3.74. The van der Waals surface area contributed by atoms with E-state index in [1.807, 2.05) is 0 Å². The Labute approximate surface area is 127 Å². The SMILES string of the molecule is CCC(C)C1CN(CCCCCCC(C)C)CCCN1. The van der Waals surface area contributed by atoms with Crippen molar-refractivity contribution in [2.75, 3.05) is 26.2 Å². The Kier molecular flexibility index (Phi) is 9.54. The third-order valence-electron chi connectivity index (χ3n) is 4.85. The molecule has 0 amide bonds. The molecule has 2 unspecified atom stereocenters. The Balaban J connectivity index is 2.14. The van der Waals surface area contributed by atoms with Crippen LogP contribution < -0.4 is 5.32 Å². The normalized spacial score (nSPS) is 22.9. The van der Waals surface area contributed by atoms with Crippen molar-refractivity contribution in [3.05, 3.63) is 0 Å². The van der Waals surface area contributed by atoms with Crippen molar-refractivity contribution in [3.63, 3.8) is 0 Å². The molecular formula is C18H38N2. The van der Waals surface area contributed by atoms with E-state index in [-0.39, 0.29) is 0 Å². The maximum atomic E-state index is 3.74. The Hall–Kier alpha value is -0.0800. The van der Waals surface area contributed by atoms with Gasteiger partial charge in [0.2, 0.25) is 0 Å². The first-order valence-corrected chi connectivity index (χ1v) is 9.09. The van der Waals surface area contributed by atoms with E-state index in [0.717, 1.165) is 11.8 Å². The summed E-state index contributed by atoms with van der Waals surface area (Å²) in [7, 11) is 0. The highest BCUT2D eigenvalue weighted by Gasteiger charge is 2.21. The van der Waals surface area contributed by atoms with Gasteiger partial charge in [-0.15, -0.1) is 0 Å². The average Bonchev–Trinajstić information content (AvgIpc) is 2.67. The zero-order valence-electron chi connectivity index (χ0n) is 14.5. The Morgan fingerprint density at radius 3 is 2.55 bits per heavy atom. The smallest absolute Gasteiger partial charge is 0.0220 e. The molecule has 0 radical (unpaired) electrons. The number of rotatable bonds is 9. The zero-order chi connectivity index (χ0) is 14.8. The fourth-order valence-electron chi connectivity index (χ4n) is 3.13. The molecule has 2 atom stereocenters. The van der Waals surface area contributed by atoms with Gasteiger partial charge < -0.3 is 10.2 Å². The van der Waals surface area contributed by atoms with Crippen LogP contribution in [-0.2, 0) is 0 Å². The van der Waals surface area contributed by atoms with E-state index >= 15 is 0 Å². The molecule has 0 aromatic heterocycles. The van der Waals surface area contributed by atoms with E-state index in [2.05, 4.69) is 37.9 Å². The maximum Gasteiger partial charge on any atom is 0.0220 e. The molecule has 1 aliphatic rings. The summed E-state index contributed by atoms with van der Waals surface area (Å²) in [6, 6.07) is 0.712. The van der Waals surface area contributed by atoms with Crippen LogP contribution in [0.15, 0.2) is 0 Å². The van der Waals surface area contributed by atoms with Gasteiger partial charge in [-0.3, -0.25) is 0 Å². The minimum atomic E-state index is 0.712. The molecule has 0 aromatic carbocycles. The fourth-order valence-corrected chi connectivity index (χ4v) is 3.13. The van der Waals surface area contributed by atoms with E-state index in [0.29, 0.717) is 6.04 Å². The van der Waals surface area contributed by atoms with E-state index in [1.165, 1.54) is 71.1 Å². The molecule has 1 fully saturated rings. The van der Waals surface area contributed by atoms with E-state index in [4.69, 9.17) is 0 Å². The summed E-state index contributed by atoms with van der Waals surface area (Å²) in [5.74, 6) is 1.68. The first-order valence-electron chi connectivity index (χ1n) is 9.09. The number of hydrogen-bond acceptors (Lipinski definition) is 2. The highest BCUT2D eigenvalue weighted by molar-refractivity contribution is 4.80. The topological polar surface area (TPSA) is 15.3 Å². The monoisotopic (exact) mass is 282 g/mol. The molecule has 0 saturated carbocycles. The van der Waals surface area contributed by atoms with E-state index in [1.54, 1.807) is 0 Å². The molecule has 0 aromatic rings. The Morgan fingerprint density at radius 1 is 1.10 bits per heavy atom. The van der Waals surface area contributed by atoms with Gasteiger partial charge in [0.1, 0.15) is 0 Å². The fraction of sp³-hybridized carbons (Fsp3) is 1.00. The molecular weight excluding hydrogens is 244 g/mol. The van der Waals surface area contributed by atoms with E-state index in [9.17, 15) is 0 Å². The third kappa shape index (κ3) is 7.64. The number of nitrogens with zero attached hydrogens (tertiary/aromatic N) is 1. The van der Waals surface area contributed by atoms with Gasteiger partial charge in [-0.05, 0) is 44.3 Å². The van der Waals surface area contributed by atoms with Gasteiger partial charge in [0.15, 0.2) is 0 Å². The minimum absolute atomic E-state index is 0.712. The van der Waals surface area contributed by atoms with Crippen molar-refractivity contribution in [1.82, 2.24) is 10.2 Å². The van der Waals surface area contributed by atoms with Crippen LogP contribution in [0.1, 0.15) is 72.6 Å². The van der Waals surface area contributed by atoms with Crippen molar-refractivity contribution in [3.8, 4) is 0 Å². The predicted octanol–water partition coefficient (Wildman–Crippen LogP) is 4.30. The highest BCUT2D eigenvalue weighted by Crippen LogP contribution is 2.14. The summed E-state index contributed by atoms with van der Waals surface area (Å²) in [4.78, 5) is 2.71. The Morgan fingerprint density at radius 2 is 1.85 bits per heavy atom. The molecule has 2 nitrogen and oxygen atoms in total. The molecule has 0 aliphatic carbocycles. The lowest BCUT2D eigenvalue weighted by atomic mass is 9.99. The van der Waals surface area contributed by atoms with Crippen molar-refractivity contribution < 1.29 is 0 Å². The lowest BCUT2D eigenvalue weighted by molar-refractivity contribution is 0.233. The average molecular weight is 283 g/mol. The molecule has 2 heteroatoms. The summed E-state index contributed by atoms with van der Waals surface area (Å²) >= 11 is 0. The van der Waals surface area contributed by atoms with Crippen LogP contribution in [0.2, 0.25) is 0 Å². The van der Waals surface area contributed by atoms with Crippen molar-refractivity contribution in [2.24, 2.45) is 11.8 Å². The first kappa shape index (κ1) is 18.0. The first-order chi connectivity index (χ1) is 9.63. The molecule has 120 valence electrons. The van der Waals surface area contributed by atoms with Crippen LogP contribution in [0.3, 0.4) is 0 Å². The van der Waals surface area contributed by atoms with E-state index < -0.39 is 0 Å². The van der Waals surface area contributed by atoms with Gasteiger partial charge in [-0.25, -0.2) is 0 Å².